The van der Waals surface area contributed by atoms with Gasteiger partial charge in [0.2, 0.25) is 0 Å². The van der Waals surface area contributed by atoms with E-state index in [4.69, 9.17) is 21.4 Å². The summed E-state index contributed by atoms with van der Waals surface area (Å²) in [5.74, 6) is -3.31. The number of pyridine rings is 1. The first-order valence-electron chi connectivity index (χ1n) is 5.43. The first-order chi connectivity index (χ1) is 9.43. The molecule has 0 aliphatic heterocycles. The molecule has 20 heavy (non-hydrogen) atoms. The molecule has 1 rings (SSSR count). The van der Waals surface area contributed by atoms with Gasteiger partial charge < -0.3 is 15.2 Å². The maximum Gasteiger partial charge on any atom is 0.394 e. The number of esters is 1. The summed E-state index contributed by atoms with van der Waals surface area (Å²) in [5.41, 5.74) is 0.163. The Bertz CT molecular complexity index is 538. The average molecular weight is 319 g/mol. The molecule has 0 radical (unpaired) electrons. The van der Waals surface area contributed by atoms with Crippen molar-refractivity contribution in [3.8, 4) is 0 Å². The molecular weight excluding hydrogens is 308 g/mol. The van der Waals surface area contributed by atoms with Gasteiger partial charge in [-0.05, 0) is 19.1 Å². The zero-order valence-corrected chi connectivity index (χ0v) is 12.0. The van der Waals surface area contributed by atoms with Crippen molar-refractivity contribution in [3.05, 3.63) is 17.3 Å². The lowest BCUT2D eigenvalue weighted by atomic mass is 10.4. The molecule has 2 N–H and O–H groups in total. The molecule has 0 atom stereocenters. The van der Waals surface area contributed by atoms with E-state index in [1.165, 1.54) is 12.1 Å². The Morgan fingerprint density at radius 3 is 2.75 bits per heavy atom. The van der Waals surface area contributed by atoms with E-state index in [0.29, 0.717) is 0 Å². The number of rotatable bonds is 5. The van der Waals surface area contributed by atoms with E-state index < -0.39 is 17.8 Å². The highest BCUT2D eigenvalue weighted by Crippen LogP contribution is 2.27. The predicted molar refractivity (Wildman–Crippen MR) is 72.9 cm³/mol. The number of nitrogens with zero attached hydrogens (tertiary/aromatic N) is 1. The average Bonchev–Trinajstić information content (AvgIpc) is 2.39. The third-order valence-corrected chi connectivity index (χ3v) is 3.08. The second-order valence-electron chi connectivity index (χ2n) is 3.34. The number of carboxylic acid groups (broad SMARTS) is 1. The third-order valence-electron chi connectivity index (χ3n) is 1.90. The number of carboxylic acids is 1. The first-order valence-corrected chi connectivity index (χ1v) is 6.79. The largest absolute Gasteiger partial charge is 0.474 e. The lowest BCUT2D eigenvalue weighted by Crippen LogP contribution is -2.22. The molecule has 1 aromatic heterocycles. The van der Waals surface area contributed by atoms with Crippen molar-refractivity contribution in [2.45, 2.75) is 11.9 Å². The molecule has 0 aromatic carbocycles. The zero-order valence-electron chi connectivity index (χ0n) is 10.4. The minimum atomic E-state index is -1.62. The van der Waals surface area contributed by atoms with Crippen LogP contribution in [0.2, 0.25) is 5.15 Å². The number of nitrogens with one attached hydrogen (secondary N) is 1. The maximum absolute atomic E-state index is 11.3. The highest BCUT2D eigenvalue weighted by molar-refractivity contribution is 8.00. The Morgan fingerprint density at radius 1 is 1.45 bits per heavy atom. The second kappa shape index (κ2) is 7.71. The molecule has 7 nitrogen and oxygen atoms in total. The summed E-state index contributed by atoms with van der Waals surface area (Å²) in [6.07, 6.45) is 0. The van der Waals surface area contributed by atoms with Crippen LogP contribution in [0.15, 0.2) is 17.2 Å². The summed E-state index contributed by atoms with van der Waals surface area (Å²) in [7, 11) is 0. The molecule has 0 saturated carbocycles. The summed E-state index contributed by atoms with van der Waals surface area (Å²) < 4.78 is 4.75. The normalized spacial score (nSPS) is 9.90. The van der Waals surface area contributed by atoms with Crippen LogP contribution in [-0.2, 0) is 19.1 Å². The van der Waals surface area contributed by atoms with Crippen molar-refractivity contribution in [2.75, 3.05) is 17.7 Å². The molecule has 0 aliphatic rings. The molecule has 0 saturated heterocycles. The smallest absolute Gasteiger partial charge is 0.394 e. The summed E-state index contributed by atoms with van der Waals surface area (Å²) in [6.45, 7) is 1.93. The lowest BCUT2D eigenvalue weighted by Gasteiger charge is -2.08. The second-order valence-corrected chi connectivity index (χ2v) is 4.69. The van der Waals surface area contributed by atoms with Gasteiger partial charge in [0.1, 0.15) is 10.2 Å². The molecular formula is C11H11ClN2O5S. The van der Waals surface area contributed by atoms with E-state index in [-0.39, 0.29) is 28.2 Å². The fourth-order valence-electron chi connectivity index (χ4n) is 1.13. The fraction of sp³-hybridized carbons (Fsp3) is 0.273. The van der Waals surface area contributed by atoms with Crippen LogP contribution in [0.5, 0.6) is 0 Å². The maximum atomic E-state index is 11.3. The van der Waals surface area contributed by atoms with E-state index >= 15 is 0 Å². The molecule has 1 heterocycles. The molecule has 9 heteroatoms. The monoisotopic (exact) mass is 318 g/mol. The van der Waals surface area contributed by atoms with E-state index in [1.54, 1.807) is 6.92 Å². The van der Waals surface area contributed by atoms with Gasteiger partial charge in [-0.2, -0.15) is 0 Å². The van der Waals surface area contributed by atoms with Gasteiger partial charge in [-0.15, -0.1) is 0 Å². The molecule has 1 amide bonds. The Labute approximate surface area is 123 Å². The number of anilines is 1. The van der Waals surface area contributed by atoms with Crippen LogP contribution >= 0.6 is 23.4 Å². The Hall–Kier alpha value is -1.80. The molecule has 0 bridgehead atoms. The Balaban J connectivity index is 2.82. The van der Waals surface area contributed by atoms with E-state index in [1.807, 2.05) is 0 Å². The number of carbonyl (C=O) groups is 3. The lowest BCUT2D eigenvalue weighted by molar-refractivity contribution is -0.147. The van der Waals surface area contributed by atoms with Gasteiger partial charge in [0, 0.05) is 0 Å². The summed E-state index contributed by atoms with van der Waals surface area (Å²) in [6, 6.07) is 2.80. The fourth-order valence-corrected chi connectivity index (χ4v) is 2.10. The number of thioether (sulfide) groups is 1. The van der Waals surface area contributed by atoms with Gasteiger partial charge in [-0.1, -0.05) is 23.4 Å². The van der Waals surface area contributed by atoms with Crippen LogP contribution in [0.25, 0.3) is 0 Å². The number of halogens is 1. The number of amides is 1. The van der Waals surface area contributed by atoms with Gasteiger partial charge in [0.05, 0.1) is 18.0 Å². The van der Waals surface area contributed by atoms with Gasteiger partial charge >= 0.3 is 17.8 Å². The summed E-state index contributed by atoms with van der Waals surface area (Å²) in [4.78, 5) is 36.8. The molecule has 1 aromatic rings. The van der Waals surface area contributed by atoms with Crippen LogP contribution in [0.3, 0.4) is 0 Å². The number of hydrogen-bond donors (Lipinski definition) is 2. The molecule has 0 unspecified atom stereocenters. The highest BCUT2D eigenvalue weighted by Gasteiger charge is 2.16. The van der Waals surface area contributed by atoms with Crippen molar-refractivity contribution < 1.29 is 24.2 Å². The number of carbonyl (C=O) groups excluding carboxylic acids is 2. The summed E-state index contributed by atoms with van der Waals surface area (Å²) >= 11 is 6.71. The number of aliphatic carboxylic acids is 1. The van der Waals surface area contributed by atoms with E-state index in [0.717, 1.165) is 11.8 Å². The molecule has 0 spiro atoms. The topological polar surface area (TPSA) is 106 Å². The van der Waals surface area contributed by atoms with Gasteiger partial charge in [-0.3, -0.25) is 9.59 Å². The molecule has 108 valence electrons. The first kappa shape index (κ1) is 16.3. The van der Waals surface area contributed by atoms with Crippen molar-refractivity contribution in [2.24, 2.45) is 0 Å². The van der Waals surface area contributed by atoms with Gasteiger partial charge in [0.15, 0.2) is 0 Å². The number of hydrogen-bond acceptors (Lipinski definition) is 6. The summed E-state index contributed by atoms with van der Waals surface area (Å²) in [5, 5.41) is 11.1. The van der Waals surface area contributed by atoms with Gasteiger partial charge in [-0.25, -0.2) is 9.78 Å². The Morgan fingerprint density at radius 2 is 2.15 bits per heavy atom. The van der Waals surface area contributed by atoms with Crippen molar-refractivity contribution >= 4 is 46.9 Å². The zero-order chi connectivity index (χ0) is 15.1. The predicted octanol–water partition coefficient (Wildman–Crippen LogP) is 1.41. The van der Waals surface area contributed by atoms with E-state index in [2.05, 4.69) is 10.3 Å². The number of ether oxygens (including phenoxy) is 1. The van der Waals surface area contributed by atoms with Crippen LogP contribution in [-0.4, -0.2) is 40.3 Å². The van der Waals surface area contributed by atoms with Crippen molar-refractivity contribution in [1.82, 2.24) is 4.98 Å². The van der Waals surface area contributed by atoms with Crippen molar-refractivity contribution in [3.63, 3.8) is 0 Å². The van der Waals surface area contributed by atoms with Crippen LogP contribution in [0.4, 0.5) is 5.69 Å². The molecule has 0 aliphatic carbocycles. The Kier molecular flexibility index (Phi) is 6.26. The standard InChI is InChI=1S/C11H11ClN2O5S/c1-2-19-8(15)5-20-10-6(3-4-7(12)14-10)13-9(16)11(17)18/h3-4H,2,5H2,1H3,(H,13,16)(H,17,18). The van der Waals surface area contributed by atoms with Crippen LogP contribution < -0.4 is 5.32 Å². The highest BCUT2D eigenvalue weighted by atomic mass is 35.5. The quantitative estimate of drug-likeness (QED) is 0.366. The third kappa shape index (κ3) is 5.06. The minimum Gasteiger partial charge on any atom is -0.474 e. The SMILES string of the molecule is CCOC(=O)CSc1nc(Cl)ccc1NC(=O)C(=O)O. The van der Waals surface area contributed by atoms with Crippen LogP contribution in [0, 0.1) is 0 Å². The van der Waals surface area contributed by atoms with Crippen molar-refractivity contribution in [1.29, 1.82) is 0 Å². The van der Waals surface area contributed by atoms with Gasteiger partial charge in [0.25, 0.3) is 0 Å². The van der Waals surface area contributed by atoms with Crippen LogP contribution in [0.1, 0.15) is 6.92 Å². The minimum absolute atomic E-state index is 0.0306. The molecule has 0 fully saturated rings. The van der Waals surface area contributed by atoms with E-state index in [9.17, 15) is 14.4 Å². The number of aromatic nitrogens is 1.